The van der Waals surface area contributed by atoms with Crippen molar-refractivity contribution < 1.29 is 13.6 Å². The van der Waals surface area contributed by atoms with Crippen molar-refractivity contribution in [1.82, 2.24) is 25.1 Å². The minimum Gasteiger partial charge on any atom is -0.347 e. The Morgan fingerprint density at radius 3 is 2.94 bits per heavy atom. The number of aromatic amines is 1. The third kappa shape index (κ3) is 4.41. The molecule has 31 heavy (non-hydrogen) atoms. The predicted octanol–water partition coefficient (Wildman–Crippen LogP) is 3.35. The molecule has 1 aliphatic rings. The Balaban J connectivity index is 1.48. The number of nitrogens with one attached hydrogen (secondary N) is 4. The number of benzene rings is 1. The minimum absolute atomic E-state index is 0.0624. The van der Waals surface area contributed by atoms with Crippen molar-refractivity contribution in [3.63, 3.8) is 0 Å². The van der Waals surface area contributed by atoms with Crippen molar-refractivity contribution in [2.45, 2.75) is 32.4 Å². The van der Waals surface area contributed by atoms with Gasteiger partial charge in [0.15, 0.2) is 0 Å². The van der Waals surface area contributed by atoms with Crippen molar-refractivity contribution in [1.29, 1.82) is 10.8 Å². The first-order chi connectivity index (χ1) is 14.8. The molecule has 160 valence electrons. The van der Waals surface area contributed by atoms with Gasteiger partial charge in [0.05, 0.1) is 22.5 Å². The Kier molecular flexibility index (Phi) is 5.68. The molecule has 2 aromatic heterocycles. The predicted molar refractivity (Wildman–Crippen MR) is 114 cm³/mol. The molecule has 1 unspecified atom stereocenters. The van der Waals surface area contributed by atoms with E-state index in [0.29, 0.717) is 36.5 Å². The SMILES string of the molecule is CC(=N)SC(=N)c1cn[nH]c1C(=O)NC1CCn2cc(-c3cc(F)ccc3F)nc2C1. The van der Waals surface area contributed by atoms with Crippen LogP contribution < -0.4 is 5.32 Å². The van der Waals surface area contributed by atoms with E-state index in [0.717, 1.165) is 30.0 Å². The highest BCUT2D eigenvalue weighted by atomic mass is 32.2. The fourth-order valence-corrected chi connectivity index (χ4v) is 4.04. The summed E-state index contributed by atoms with van der Waals surface area (Å²) in [5.41, 5.74) is 0.940. The van der Waals surface area contributed by atoms with Crippen LogP contribution in [0.25, 0.3) is 11.3 Å². The molecule has 4 rings (SSSR count). The van der Waals surface area contributed by atoms with Crippen molar-refractivity contribution in [2.24, 2.45) is 0 Å². The Bertz CT molecular complexity index is 1190. The van der Waals surface area contributed by atoms with Crippen LogP contribution in [0, 0.1) is 22.5 Å². The van der Waals surface area contributed by atoms with Crippen molar-refractivity contribution in [2.75, 3.05) is 0 Å². The lowest BCUT2D eigenvalue weighted by atomic mass is 10.1. The van der Waals surface area contributed by atoms with Gasteiger partial charge in [-0.2, -0.15) is 5.10 Å². The first kappa shape index (κ1) is 20.9. The van der Waals surface area contributed by atoms with Gasteiger partial charge in [0, 0.05) is 30.8 Å². The zero-order chi connectivity index (χ0) is 22.1. The standard InChI is InChI=1S/C20H19F2N7OS/c1-10(23)31-19(24)14-8-25-28-18(14)20(30)26-12-4-5-29-9-16(27-17(29)7-12)13-6-11(21)2-3-15(13)22/h2-3,6,8-9,12,23-24H,4-5,7H2,1H3,(H,25,28)(H,26,30). The normalized spacial score (nSPS) is 15.4. The quantitative estimate of drug-likeness (QED) is 0.365. The van der Waals surface area contributed by atoms with E-state index in [2.05, 4.69) is 20.5 Å². The van der Waals surface area contributed by atoms with E-state index in [-0.39, 0.29) is 27.4 Å². The number of carbonyl (C=O) groups excluding carboxylic acids is 1. The molecule has 0 spiro atoms. The number of imidazole rings is 1. The number of hydrogen-bond acceptors (Lipinski definition) is 6. The van der Waals surface area contributed by atoms with Gasteiger partial charge in [-0.15, -0.1) is 0 Å². The second-order valence-electron chi connectivity index (χ2n) is 7.17. The molecule has 0 aliphatic carbocycles. The lowest BCUT2D eigenvalue weighted by Crippen LogP contribution is -2.40. The van der Waals surface area contributed by atoms with Crippen molar-refractivity contribution in [3.8, 4) is 11.3 Å². The lowest BCUT2D eigenvalue weighted by Gasteiger charge is -2.24. The highest BCUT2D eigenvalue weighted by molar-refractivity contribution is 8.26. The molecular formula is C20H19F2N7OS. The molecule has 8 nitrogen and oxygen atoms in total. The third-order valence-corrected chi connectivity index (χ3v) is 5.64. The number of aromatic nitrogens is 4. The van der Waals surface area contributed by atoms with Gasteiger partial charge in [0.25, 0.3) is 5.91 Å². The van der Waals surface area contributed by atoms with Gasteiger partial charge in [-0.1, -0.05) is 11.8 Å². The summed E-state index contributed by atoms with van der Waals surface area (Å²) >= 11 is 0.939. The van der Waals surface area contributed by atoms with E-state index in [1.807, 2.05) is 4.57 Å². The molecule has 11 heteroatoms. The summed E-state index contributed by atoms with van der Waals surface area (Å²) in [4.78, 5) is 17.2. The summed E-state index contributed by atoms with van der Waals surface area (Å²) in [6, 6.07) is 3.04. The van der Waals surface area contributed by atoms with Gasteiger partial charge in [-0.05, 0) is 31.5 Å². The Labute approximate surface area is 180 Å². The highest BCUT2D eigenvalue weighted by Gasteiger charge is 2.26. The maximum Gasteiger partial charge on any atom is 0.270 e. The molecule has 0 radical (unpaired) electrons. The second-order valence-corrected chi connectivity index (χ2v) is 8.39. The number of nitrogens with zero attached hydrogens (tertiary/aromatic N) is 3. The van der Waals surface area contributed by atoms with E-state index in [9.17, 15) is 13.6 Å². The molecule has 0 bridgehead atoms. The second kappa shape index (κ2) is 8.42. The van der Waals surface area contributed by atoms with E-state index in [4.69, 9.17) is 10.8 Å². The largest absolute Gasteiger partial charge is 0.347 e. The zero-order valence-corrected chi connectivity index (χ0v) is 17.3. The monoisotopic (exact) mass is 443 g/mol. The smallest absolute Gasteiger partial charge is 0.270 e. The Morgan fingerprint density at radius 1 is 1.35 bits per heavy atom. The first-order valence-electron chi connectivity index (χ1n) is 9.49. The molecular weight excluding hydrogens is 424 g/mol. The minimum atomic E-state index is -0.547. The number of amides is 1. The van der Waals surface area contributed by atoms with E-state index < -0.39 is 17.5 Å². The van der Waals surface area contributed by atoms with E-state index >= 15 is 0 Å². The number of rotatable bonds is 4. The fourth-order valence-electron chi connectivity index (χ4n) is 3.47. The van der Waals surface area contributed by atoms with Crippen molar-refractivity contribution >= 4 is 27.8 Å². The first-order valence-corrected chi connectivity index (χ1v) is 10.3. The topological polar surface area (TPSA) is 123 Å². The lowest BCUT2D eigenvalue weighted by molar-refractivity contribution is 0.0925. The molecule has 0 saturated heterocycles. The number of hydrogen-bond donors (Lipinski definition) is 4. The van der Waals surface area contributed by atoms with Crippen LogP contribution in [0.5, 0.6) is 0 Å². The van der Waals surface area contributed by atoms with Crippen LogP contribution in [0.15, 0.2) is 30.6 Å². The maximum atomic E-state index is 14.1. The number of carbonyl (C=O) groups is 1. The van der Waals surface area contributed by atoms with Gasteiger partial charge >= 0.3 is 0 Å². The summed E-state index contributed by atoms with van der Waals surface area (Å²) in [6.45, 7) is 2.13. The molecule has 0 saturated carbocycles. The van der Waals surface area contributed by atoms with E-state index in [1.165, 1.54) is 6.20 Å². The summed E-state index contributed by atoms with van der Waals surface area (Å²) in [7, 11) is 0. The number of H-pyrrole nitrogens is 1. The summed E-state index contributed by atoms with van der Waals surface area (Å²) in [5, 5.41) is 25.3. The highest BCUT2D eigenvalue weighted by Crippen LogP contribution is 2.26. The van der Waals surface area contributed by atoms with Crippen LogP contribution in [-0.4, -0.2) is 41.8 Å². The van der Waals surface area contributed by atoms with Crippen LogP contribution in [0.2, 0.25) is 0 Å². The van der Waals surface area contributed by atoms with Crippen LogP contribution in [-0.2, 0) is 13.0 Å². The third-order valence-electron chi connectivity index (χ3n) is 4.91. The molecule has 3 heterocycles. The molecule has 0 fully saturated rings. The van der Waals surface area contributed by atoms with Gasteiger partial charge in [0.1, 0.15) is 28.2 Å². The number of aryl methyl sites for hydroxylation is 1. The molecule has 1 atom stereocenters. The summed E-state index contributed by atoms with van der Waals surface area (Å²) < 4.78 is 29.5. The van der Waals surface area contributed by atoms with Crippen LogP contribution in [0.4, 0.5) is 8.78 Å². The van der Waals surface area contributed by atoms with Crippen molar-refractivity contribution in [3.05, 3.63) is 59.3 Å². The molecule has 1 amide bonds. The molecule has 1 aromatic carbocycles. The summed E-state index contributed by atoms with van der Waals surface area (Å²) in [5.74, 6) is -0.816. The van der Waals surface area contributed by atoms with Crippen LogP contribution in [0.1, 0.15) is 35.2 Å². The number of fused-ring (bicyclic) bond motifs is 1. The molecule has 4 N–H and O–H groups in total. The maximum absolute atomic E-state index is 14.1. The Hall–Kier alpha value is -3.34. The molecule has 3 aromatic rings. The van der Waals surface area contributed by atoms with Gasteiger partial charge in [0.2, 0.25) is 0 Å². The van der Waals surface area contributed by atoms with Crippen LogP contribution >= 0.6 is 11.8 Å². The average molecular weight is 443 g/mol. The summed E-state index contributed by atoms with van der Waals surface area (Å²) in [6.07, 6.45) is 4.14. The number of halogens is 2. The van der Waals surface area contributed by atoms with E-state index in [1.54, 1.807) is 13.1 Å². The number of thioether (sulfide) groups is 1. The molecule has 1 aliphatic heterocycles. The zero-order valence-electron chi connectivity index (χ0n) is 16.5. The fraction of sp³-hybridized carbons (Fsp3) is 0.250. The van der Waals surface area contributed by atoms with Gasteiger partial charge in [-0.25, -0.2) is 13.8 Å². The van der Waals surface area contributed by atoms with Gasteiger partial charge < -0.3 is 9.88 Å². The van der Waals surface area contributed by atoms with Crippen LogP contribution in [0.3, 0.4) is 0 Å². The Morgan fingerprint density at radius 2 is 2.16 bits per heavy atom. The average Bonchev–Trinajstić information content (AvgIpc) is 3.36. The van der Waals surface area contributed by atoms with Gasteiger partial charge in [-0.3, -0.25) is 20.7 Å².